The lowest BCUT2D eigenvalue weighted by Crippen LogP contribution is -2.41. The molecule has 0 aliphatic carbocycles. The van der Waals surface area contributed by atoms with Crippen LogP contribution in [-0.2, 0) is 20.9 Å². The Balaban J connectivity index is 1.81. The van der Waals surface area contributed by atoms with Gasteiger partial charge in [-0.2, -0.15) is 5.26 Å². The van der Waals surface area contributed by atoms with Crippen LogP contribution in [0.1, 0.15) is 18.2 Å². The normalized spacial score (nSPS) is 10.6. The maximum atomic E-state index is 12.0. The van der Waals surface area contributed by atoms with E-state index in [4.69, 9.17) is 19.2 Å². The van der Waals surface area contributed by atoms with Crippen molar-refractivity contribution in [2.45, 2.75) is 13.5 Å². The van der Waals surface area contributed by atoms with Gasteiger partial charge in [0.15, 0.2) is 6.61 Å². The summed E-state index contributed by atoms with van der Waals surface area (Å²) in [7, 11) is 0. The third kappa shape index (κ3) is 7.22. The molecular weight excluding hydrogens is 378 g/mol. The third-order valence-corrected chi connectivity index (χ3v) is 3.43. The van der Waals surface area contributed by atoms with Crippen LogP contribution in [0.25, 0.3) is 6.08 Å². The molecule has 0 atom stereocenters. The van der Waals surface area contributed by atoms with Gasteiger partial charge in [0.1, 0.15) is 23.2 Å². The van der Waals surface area contributed by atoms with Crippen molar-refractivity contribution >= 4 is 24.0 Å². The highest BCUT2D eigenvalue weighted by Gasteiger charge is 2.15. The van der Waals surface area contributed by atoms with Gasteiger partial charge in [-0.3, -0.25) is 10.1 Å². The first kappa shape index (κ1) is 21.2. The zero-order chi connectivity index (χ0) is 21.1. The first-order valence-corrected chi connectivity index (χ1v) is 8.63. The van der Waals surface area contributed by atoms with E-state index < -0.39 is 24.5 Å². The minimum Gasteiger partial charge on any atom is -0.494 e. The largest absolute Gasteiger partial charge is 0.494 e. The lowest BCUT2D eigenvalue weighted by molar-refractivity contribution is -0.144. The molecular formula is C20H19N3O6. The van der Waals surface area contributed by atoms with Gasteiger partial charge in [-0.15, -0.1) is 0 Å². The molecule has 2 N–H and O–H groups in total. The number of nitrogens with zero attached hydrogens (tertiary/aromatic N) is 1. The second kappa shape index (κ2) is 10.9. The molecule has 2 aromatic rings. The Morgan fingerprint density at radius 2 is 1.97 bits per heavy atom. The molecule has 29 heavy (non-hydrogen) atoms. The van der Waals surface area contributed by atoms with Gasteiger partial charge in [0, 0.05) is 0 Å². The summed E-state index contributed by atoms with van der Waals surface area (Å²) in [6.07, 6.45) is 2.78. The van der Waals surface area contributed by atoms with E-state index >= 15 is 0 Å². The molecule has 1 aromatic heterocycles. The molecule has 0 unspecified atom stereocenters. The zero-order valence-corrected chi connectivity index (χ0v) is 15.6. The number of carbonyl (C=O) groups excluding carboxylic acids is 3. The number of ether oxygens (including phenoxy) is 2. The van der Waals surface area contributed by atoms with Crippen molar-refractivity contribution in [3.8, 4) is 11.8 Å². The summed E-state index contributed by atoms with van der Waals surface area (Å²) >= 11 is 0. The molecule has 9 nitrogen and oxygen atoms in total. The highest BCUT2D eigenvalue weighted by Crippen LogP contribution is 2.15. The Hall–Kier alpha value is -4.06. The Morgan fingerprint density at radius 1 is 1.21 bits per heavy atom. The van der Waals surface area contributed by atoms with Gasteiger partial charge in [0.2, 0.25) is 0 Å². The van der Waals surface area contributed by atoms with Crippen molar-refractivity contribution in [1.29, 1.82) is 5.26 Å². The molecule has 0 saturated heterocycles. The van der Waals surface area contributed by atoms with Crippen molar-refractivity contribution in [3.63, 3.8) is 0 Å². The first-order chi connectivity index (χ1) is 14.0. The van der Waals surface area contributed by atoms with Crippen LogP contribution in [0.3, 0.4) is 0 Å². The number of amides is 3. The number of hydrogen-bond donors (Lipinski definition) is 2. The molecule has 0 bridgehead atoms. The van der Waals surface area contributed by atoms with Crippen molar-refractivity contribution in [2.24, 2.45) is 0 Å². The van der Waals surface area contributed by atoms with E-state index in [0.717, 1.165) is 0 Å². The number of rotatable bonds is 8. The minimum absolute atomic E-state index is 0.0926. The van der Waals surface area contributed by atoms with E-state index in [2.05, 4.69) is 5.32 Å². The lowest BCUT2D eigenvalue weighted by atomic mass is 10.1. The summed E-state index contributed by atoms with van der Waals surface area (Å²) in [6.45, 7) is 1.76. The highest BCUT2D eigenvalue weighted by molar-refractivity contribution is 6.00. The number of urea groups is 1. The lowest BCUT2D eigenvalue weighted by Gasteiger charge is -2.06. The van der Waals surface area contributed by atoms with Gasteiger partial charge in [-0.05, 0) is 42.8 Å². The maximum absolute atomic E-state index is 12.0. The summed E-state index contributed by atoms with van der Waals surface area (Å²) < 4.78 is 15.1. The summed E-state index contributed by atoms with van der Waals surface area (Å²) in [6, 6.07) is 11.0. The predicted molar refractivity (Wildman–Crippen MR) is 101 cm³/mol. The standard InChI is InChI=1S/C20H19N3O6/c1-2-27-16-7-5-14(6-8-16)10-15(11-21)19(25)29-13-18(24)23-20(26)22-12-17-4-3-9-28-17/h3-10H,2,12-13H2,1H3,(H2,22,23,24,26)/b15-10+. The number of hydrogen-bond acceptors (Lipinski definition) is 7. The first-order valence-electron chi connectivity index (χ1n) is 8.63. The zero-order valence-electron chi connectivity index (χ0n) is 15.6. The molecule has 0 radical (unpaired) electrons. The van der Waals surface area contributed by atoms with Crippen LogP contribution < -0.4 is 15.4 Å². The van der Waals surface area contributed by atoms with Crippen LogP contribution in [0.4, 0.5) is 4.79 Å². The molecule has 1 heterocycles. The van der Waals surface area contributed by atoms with Gasteiger partial charge in [0.05, 0.1) is 19.4 Å². The fraction of sp³-hybridized carbons (Fsp3) is 0.200. The fourth-order valence-electron chi connectivity index (χ4n) is 2.13. The Labute approximate surface area is 166 Å². The van der Waals surface area contributed by atoms with Crippen molar-refractivity contribution in [1.82, 2.24) is 10.6 Å². The smallest absolute Gasteiger partial charge is 0.349 e. The Bertz CT molecular complexity index is 911. The number of carbonyl (C=O) groups is 3. The van der Waals surface area contributed by atoms with E-state index in [1.54, 1.807) is 42.5 Å². The second-order valence-electron chi connectivity index (χ2n) is 5.56. The topological polar surface area (TPSA) is 131 Å². The number of nitrogens with one attached hydrogen (secondary N) is 2. The molecule has 150 valence electrons. The van der Waals surface area contributed by atoms with Crippen molar-refractivity contribution in [2.75, 3.05) is 13.2 Å². The van der Waals surface area contributed by atoms with E-state index in [-0.39, 0.29) is 12.1 Å². The average molecular weight is 397 g/mol. The molecule has 0 spiro atoms. The maximum Gasteiger partial charge on any atom is 0.349 e. The van der Waals surface area contributed by atoms with E-state index in [9.17, 15) is 14.4 Å². The SMILES string of the molecule is CCOc1ccc(/C=C(\C#N)C(=O)OCC(=O)NC(=O)NCc2ccco2)cc1. The van der Waals surface area contributed by atoms with E-state index in [1.165, 1.54) is 12.3 Å². The van der Waals surface area contributed by atoms with E-state index in [1.807, 2.05) is 12.2 Å². The number of esters is 1. The van der Waals surface area contributed by atoms with Crippen LogP contribution in [0.5, 0.6) is 5.75 Å². The predicted octanol–water partition coefficient (Wildman–Crippen LogP) is 2.15. The average Bonchev–Trinajstić information content (AvgIpc) is 3.24. The van der Waals surface area contributed by atoms with Crippen LogP contribution in [-0.4, -0.2) is 31.1 Å². The monoisotopic (exact) mass is 397 g/mol. The molecule has 0 saturated carbocycles. The number of furan rings is 1. The van der Waals surface area contributed by atoms with Crippen LogP contribution >= 0.6 is 0 Å². The fourth-order valence-corrected chi connectivity index (χ4v) is 2.13. The van der Waals surface area contributed by atoms with Crippen molar-refractivity contribution in [3.05, 3.63) is 59.6 Å². The number of imide groups is 1. The molecule has 0 aliphatic heterocycles. The molecule has 2 rings (SSSR count). The van der Waals surface area contributed by atoms with Gasteiger partial charge >= 0.3 is 12.0 Å². The quantitative estimate of drug-likeness (QED) is 0.396. The summed E-state index contributed by atoms with van der Waals surface area (Å²) in [5.41, 5.74) is 0.299. The minimum atomic E-state index is -0.979. The van der Waals surface area contributed by atoms with Crippen LogP contribution in [0.2, 0.25) is 0 Å². The molecule has 9 heteroatoms. The summed E-state index contributed by atoms with van der Waals surface area (Å²) in [5.74, 6) is -0.647. The number of nitriles is 1. The Kier molecular flexibility index (Phi) is 8.01. The van der Waals surface area contributed by atoms with Crippen LogP contribution in [0.15, 0.2) is 52.7 Å². The summed E-state index contributed by atoms with van der Waals surface area (Å²) in [5, 5.41) is 13.6. The molecule has 1 aromatic carbocycles. The number of benzene rings is 1. The molecule has 0 fully saturated rings. The van der Waals surface area contributed by atoms with Gasteiger partial charge in [-0.1, -0.05) is 12.1 Å². The molecule has 3 amide bonds. The van der Waals surface area contributed by atoms with Crippen molar-refractivity contribution < 1.29 is 28.3 Å². The molecule has 0 aliphatic rings. The van der Waals surface area contributed by atoms with Gasteiger partial charge < -0.3 is 19.2 Å². The third-order valence-electron chi connectivity index (χ3n) is 3.43. The van der Waals surface area contributed by atoms with E-state index in [0.29, 0.717) is 23.7 Å². The van der Waals surface area contributed by atoms with Gasteiger partial charge in [-0.25, -0.2) is 9.59 Å². The highest BCUT2D eigenvalue weighted by atomic mass is 16.5. The second-order valence-corrected chi connectivity index (χ2v) is 5.56. The summed E-state index contributed by atoms with van der Waals surface area (Å²) in [4.78, 5) is 35.3. The van der Waals surface area contributed by atoms with Crippen LogP contribution in [0, 0.1) is 11.3 Å². The Morgan fingerprint density at radius 3 is 2.59 bits per heavy atom. The van der Waals surface area contributed by atoms with Gasteiger partial charge in [0.25, 0.3) is 5.91 Å².